The van der Waals surface area contributed by atoms with E-state index in [9.17, 15) is 22.0 Å². The summed E-state index contributed by atoms with van der Waals surface area (Å²) in [5, 5.41) is 3.71. The van der Waals surface area contributed by atoms with Gasteiger partial charge in [0.25, 0.3) is 0 Å². The van der Waals surface area contributed by atoms with E-state index < -0.39 is 40.4 Å². The number of hydrogen-bond acceptors (Lipinski definition) is 4. The Morgan fingerprint density at radius 2 is 1.43 bits per heavy atom. The number of benzene rings is 2. The van der Waals surface area contributed by atoms with Gasteiger partial charge >= 0.3 is 0 Å². The molecule has 0 atom stereocenters. The summed E-state index contributed by atoms with van der Waals surface area (Å²) < 4.78 is 67.6. The lowest BCUT2D eigenvalue weighted by molar-refractivity contribution is 0.377. The van der Waals surface area contributed by atoms with Crippen LogP contribution >= 0.6 is 0 Å². The van der Waals surface area contributed by atoms with Gasteiger partial charge in [0.15, 0.2) is 23.3 Å². The molecule has 0 saturated heterocycles. The lowest BCUT2D eigenvalue weighted by Gasteiger charge is -2.09. The van der Waals surface area contributed by atoms with Crippen molar-refractivity contribution in [3.05, 3.63) is 76.9 Å². The van der Waals surface area contributed by atoms with Gasteiger partial charge in [0.05, 0.1) is 17.0 Å². The lowest BCUT2D eigenvalue weighted by Crippen LogP contribution is -2.12. The summed E-state index contributed by atoms with van der Waals surface area (Å²) in [6.45, 7) is 2.75. The Morgan fingerprint density at radius 3 is 2.04 bits per heavy atom. The number of rotatable bonds is 4. The molecule has 3 aromatic rings. The third kappa shape index (κ3) is 3.68. The highest BCUT2D eigenvalue weighted by molar-refractivity contribution is 5.99. The van der Waals surface area contributed by atoms with E-state index in [0.29, 0.717) is 11.5 Å². The highest BCUT2D eigenvalue weighted by Gasteiger charge is 2.27. The van der Waals surface area contributed by atoms with Crippen molar-refractivity contribution < 1.29 is 22.0 Å². The van der Waals surface area contributed by atoms with E-state index in [1.807, 2.05) is 30.3 Å². The maximum atomic E-state index is 13.9. The standard InChI is InChI=1S/C19H13F5N4/c1-9(14-15(20)17(22)19(24)18(23)16(14)21)27-28-13-8-12(25-10(2)26-13)11-6-4-3-5-7-11/h3-8H,1-2H3,(H,25,26,28)/b27-9+. The van der Waals surface area contributed by atoms with Crippen LogP contribution in [0.2, 0.25) is 0 Å². The number of hydrazone groups is 1. The van der Waals surface area contributed by atoms with Crippen LogP contribution in [0.5, 0.6) is 0 Å². The molecule has 1 N–H and O–H groups in total. The van der Waals surface area contributed by atoms with E-state index >= 15 is 0 Å². The van der Waals surface area contributed by atoms with Crippen molar-refractivity contribution in [1.82, 2.24) is 9.97 Å². The third-order valence-corrected chi connectivity index (χ3v) is 3.82. The topological polar surface area (TPSA) is 50.2 Å². The molecule has 0 saturated carbocycles. The van der Waals surface area contributed by atoms with Gasteiger partial charge in [0, 0.05) is 11.6 Å². The van der Waals surface area contributed by atoms with Gasteiger partial charge < -0.3 is 0 Å². The molecule has 0 aliphatic rings. The first-order valence-corrected chi connectivity index (χ1v) is 8.02. The van der Waals surface area contributed by atoms with Crippen molar-refractivity contribution in [2.24, 2.45) is 5.10 Å². The maximum absolute atomic E-state index is 13.9. The second-order valence-corrected chi connectivity index (χ2v) is 5.81. The number of anilines is 1. The number of aryl methyl sites for hydroxylation is 1. The second kappa shape index (κ2) is 7.71. The van der Waals surface area contributed by atoms with Crippen LogP contribution in [-0.4, -0.2) is 15.7 Å². The Morgan fingerprint density at radius 1 is 0.857 bits per heavy atom. The summed E-state index contributed by atoms with van der Waals surface area (Å²) in [6, 6.07) is 10.7. The van der Waals surface area contributed by atoms with Crippen LogP contribution < -0.4 is 5.43 Å². The van der Waals surface area contributed by atoms with Gasteiger partial charge in [-0.1, -0.05) is 30.3 Å². The van der Waals surface area contributed by atoms with Gasteiger partial charge in [-0.3, -0.25) is 5.43 Å². The SMILES string of the molecule is C/C(=N\Nc1cc(-c2ccccc2)nc(C)n1)c1c(F)c(F)c(F)c(F)c1F. The van der Waals surface area contributed by atoms with Crippen molar-refractivity contribution in [2.45, 2.75) is 13.8 Å². The van der Waals surface area contributed by atoms with Crippen LogP contribution in [0.4, 0.5) is 27.8 Å². The molecule has 144 valence electrons. The Hall–Kier alpha value is -3.36. The molecular formula is C19H13F5N4. The zero-order valence-electron chi connectivity index (χ0n) is 14.7. The molecule has 0 amide bonds. The van der Waals surface area contributed by atoms with Crippen LogP contribution in [0, 0.1) is 36.0 Å². The first-order chi connectivity index (χ1) is 13.3. The molecule has 2 aromatic carbocycles. The molecular weight excluding hydrogens is 379 g/mol. The van der Waals surface area contributed by atoms with Crippen molar-refractivity contribution in [3.63, 3.8) is 0 Å². The summed E-state index contributed by atoms with van der Waals surface area (Å²) in [7, 11) is 0. The van der Waals surface area contributed by atoms with Crippen LogP contribution in [0.25, 0.3) is 11.3 Å². The Kier molecular flexibility index (Phi) is 5.34. The van der Waals surface area contributed by atoms with Crippen molar-refractivity contribution in [2.75, 3.05) is 5.43 Å². The zero-order chi connectivity index (χ0) is 20.4. The maximum Gasteiger partial charge on any atom is 0.200 e. The summed E-state index contributed by atoms with van der Waals surface area (Å²) in [5.41, 5.74) is 2.29. The number of hydrogen-bond donors (Lipinski definition) is 1. The van der Waals surface area contributed by atoms with E-state index in [-0.39, 0.29) is 5.82 Å². The van der Waals surface area contributed by atoms with Crippen molar-refractivity contribution in [1.29, 1.82) is 0 Å². The number of halogens is 5. The van der Waals surface area contributed by atoms with Crippen LogP contribution in [0.15, 0.2) is 41.5 Å². The first-order valence-electron chi connectivity index (χ1n) is 8.02. The number of nitrogens with one attached hydrogen (secondary N) is 1. The highest BCUT2D eigenvalue weighted by atomic mass is 19.2. The minimum Gasteiger partial charge on any atom is -0.261 e. The molecule has 0 unspecified atom stereocenters. The fourth-order valence-electron chi connectivity index (χ4n) is 2.50. The summed E-state index contributed by atoms with van der Waals surface area (Å²) in [6.07, 6.45) is 0. The van der Waals surface area contributed by atoms with E-state index in [2.05, 4.69) is 20.5 Å². The molecule has 1 aromatic heterocycles. The molecule has 0 fully saturated rings. The average Bonchev–Trinajstić information content (AvgIpc) is 2.69. The van der Waals surface area contributed by atoms with Crippen LogP contribution in [0.3, 0.4) is 0 Å². The molecule has 3 rings (SSSR count). The normalized spacial score (nSPS) is 11.6. The van der Waals surface area contributed by atoms with Crippen molar-refractivity contribution in [3.8, 4) is 11.3 Å². The average molecular weight is 392 g/mol. The molecule has 0 radical (unpaired) electrons. The largest absolute Gasteiger partial charge is 0.261 e. The second-order valence-electron chi connectivity index (χ2n) is 5.81. The molecule has 0 spiro atoms. The highest BCUT2D eigenvalue weighted by Crippen LogP contribution is 2.24. The summed E-state index contributed by atoms with van der Waals surface area (Å²) in [4.78, 5) is 8.38. The molecule has 28 heavy (non-hydrogen) atoms. The fraction of sp³-hybridized carbons (Fsp3) is 0.105. The van der Waals surface area contributed by atoms with Gasteiger partial charge in [-0.2, -0.15) is 5.10 Å². The predicted molar refractivity (Wildman–Crippen MR) is 94.3 cm³/mol. The van der Waals surface area contributed by atoms with Gasteiger partial charge in [-0.05, 0) is 13.8 Å². The molecule has 0 aliphatic heterocycles. The van der Waals surface area contributed by atoms with Gasteiger partial charge in [0.1, 0.15) is 11.6 Å². The molecule has 9 heteroatoms. The Balaban J connectivity index is 1.96. The quantitative estimate of drug-likeness (QED) is 0.224. The minimum absolute atomic E-state index is 0.189. The van der Waals surface area contributed by atoms with E-state index in [1.165, 1.54) is 6.07 Å². The number of aromatic nitrogens is 2. The van der Waals surface area contributed by atoms with E-state index in [4.69, 9.17) is 0 Å². The minimum atomic E-state index is -2.22. The monoisotopic (exact) mass is 392 g/mol. The zero-order valence-corrected chi connectivity index (χ0v) is 14.7. The van der Waals surface area contributed by atoms with E-state index in [0.717, 1.165) is 12.5 Å². The Bertz CT molecular complexity index is 1040. The van der Waals surface area contributed by atoms with Gasteiger partial charge in [-0.25, -0.2) is 31.9 Å². The predicted octanol–water partition coefficient (Wildman–Crippen LogP) is 4.98. The third-order valence-electron chi connectivity index (χ3n) is 3.82. The van der Waals surface area contributed by atoms with Crippen molar-refractivity contribution >= 4 is 11.5 Å². The van der Waals surface area contributed by atoms with Crippen LogP contribution in [0.1, 0.15) is 18.3 Å². The lowest BCUT2D eigenvalue weighted by atomic mass is 10.1. The van der Waals surface area contributed by atoms with Gasteiger partial charge in [-0.15, -0.1) is 0 Å². The Labute approximate surface area is 156 Å². The molecule has 0 bridgehead atoms. The number of nitrogens with zero attached hydrogens (tertiary/aromatic N) is 3. The molecule has 4 nitrogen and oxygen atoms in total. The summed E-state index contributed by atoms with van der Waals surface area (Å²) in [5.74, 6) is -9.62. The molecule has 0 aliphatic carbocycles. The first kappa shape index (κ1) is 19.4. The molecule has 1 heterocycles. The van der Waals surface area contributed by atoms with Gasteiger partial charge in [0.2, 0.25) is 5.82 Å². The fourth-order valence-corrected chi connectivity index (χ4v) is 2.50. The van der Waals surface area contributed by atoms with Crippen LogP contribution in [-0.2, 0) is 0 Å². The summed E-state index contributed by atoms with van der Waals surface area (Å²) >= 11 is 0. The van der Waals surface area contributed by atoms with E-state index in [1.54, 1.807) is 6.92 Å². The smallest absolute Gasteiger partial charge is 0.200 e.